The van der Waals surface area contributed by atoms with Crippen LogP contribution in [0.2, 0.25) is 0 Å². The fraction of sp³-hybridized carbons (Fsp3) is 0.771. The van der Waals surface area contributed by atoms with Gasteiger partial charge in [0.15, 0.2) is 0 Å². The Morgan fingerprint density at radius 3 is 2.65 bits per heavy atom. The highest BCUT2D eigenvalue weighted by Crippen LogP contribution is 2.68. The van der Waals surface area contributed by atoms with Crippen LogP contribution in [0.4, 0.5) is 5.69 Å². The molecule has 43 heavy (non-hydrogen) atoms. The number of ether oxygens (including phenoxy) is 1. The molecular formula is C35H55N3O4S. The molecule has 1 aromatic rings. The molecule has 7 nitrogen and oxygen atoms in total. The van der Waals surface area contributed by atoms with Crippen molar-refractivity contribution in [1.29, 1.82) is 0 Å². The van der Waals surface area contributed by atoms with Crippen LogP contribution in [-0.2, 0) is 20.9 Å². The molecule has 3 aliphatic carbocycles. The van der Waals surface area contributed by atoms with E-state index in [1.807, 2.05) is 12.1 Å². The molecule has 8 heteroatoms. The van der Waals surface area contributed by atoms with Gasteiger partial charge in [-0.1, -0.05) is 39.8 Å². The molecule has 9 atom stereocenters. The van der Waals surface area contributed by atoms with Crippen LogP contribution in [0, 0.1) is 34.0 Å². The average Bonchev–Trinajstić information content (AvgIpc) is 3.16. The number of aliphatic hydroxyl groups excluding tert-OH is 1. The largest absolute Gasteiger partial charge is 0.461 e. The number of rotatable bonds is 9. The Kier molecular flexibility index (Phi) is 10.2. The van der Waals surface area contributed by atoms with E-state index in [-0.39, 0.29) is 29.1 Å². The number of nitrogens with one attached hydrogen (secondary N) is 2. The summed E-state index contributed by atoms with van der Waals surface area (Å²) in [7, 11) is 0. The van der Waals surface area contributed by atoms with Gasteiger partial charge >= 0.3 is 5.97 Å². The van der Waals surface area contributed by atoms with E-state index in [9.17, 15) is 14.7 Å². The van der Waals surface area contributed by atoms with E-state index in [2.05, 4.69) is 50.5 Å². The maximum absolute atomic E-state index is 13.8. The Hall–Kier alpha value is -1.61. The molecule has 1 unspecified atom stereocenters. The number of hydrogen-bond acceptors (Lipinski definition) is 8. The molecule has 0 spiro atoms. The molecule has 4 aliphatic rings. The monoisotopic (exact) mass is 613 g/mol. The molecule has 240 valence electrons. The third kappa shape index (κ3) is 6.41. The van der Waals surface area contributed by atoms with Gasteiger partial charge in [0.2, 0.25) is 0 Å². The number of Topliss-reactive ketones (excluding diaryl/α,β-unsaturated/α-hetero) is 1. The van der Waals surface area contributed by atoms with Gasteiger partial charge in [0.25, 0.3) is 0 Å². The number of aliphatic hydroxyl groups is 1. The molecule has 1 heterocycles. The van der Waals surface area contributed by atoms with Crippen molar-refractivity contribution in [1.82, 2.24) is 5.32 Å². The Morgan fingerprint density at radius 1 is 1.14 bits per heavy atom. The third-order valence-corrected chi connectivity index (χ3v) is 13.7. The van der Waals surface area contributed by atoms with E-state index in [0.29, 0.717) is 42.7 Å². The fourth-order valence-corrected chi connectivity index (χ4v) is 10.4. The number of esters is 1. The summed E-state index contributed by atoms with van der Waals surface area (Å²) in [5.74, 6) is 0.519. The number of carbonyl (C=O) groups excluding carboxylic acids is 2. The number of thioether (sulfide) groups is 1. The lowest BCUT2D eigenvalue weighted by atomic mass is 9.43. The lowest BCUT2D eigenvalue weighted by molar-refractivity contribution is -0.211. The Morgan fingerprint density at radius 2 is 1.91 bits per heavy atom. The van der Waals surface area contributed by atoms with Crippen LogP contribution in [-0.4, -0.2) is 59.7 Å². The van der Waals surface area contributed by atoms with Crippen molar-refractivity contribution in [2.45, 2.75) is 109 Å². The van der Waals surface area contributed by atoms with Gasteiger partial charge in [0, 0.05) is 41.8 Å². The van der Waals surface area contributed by atoms with Crippen molar-refractivity contribution in [2.24, 2.45) is 39.7 Å². The van der Waals surface area contributed by atoms with Gasteiger partial charge in [0.1, 0.15) is 11.9 Å². The van der Waals surface area contributed by atoms with Gasteiger partial charge in [-0.25, -0.2) is 0 Å². The third-order valence-electron chi connectivity index (χ3n) is 12.3. The highest BCUT2D eigenvalue weighted by molar-refractivity contribution is 8.00. The summed E-state index contributed by atoms with van der Waals surface area (Å²) in [6.07, 6.45) is 6.91. The summed E-state index contributed by atoms with van der Waals surface area (Å²) in [5, 5.41) is 19.7. The maximum atomic E-state index is 13.8. The SMILES string of the molecule is C[C@@H]1CC[C@@]23CCC(=O)[C@H]2[C@]1(C)[C@H](OC(=O)CSC1CCCNCC1)C[C@](C)(CCNc1ccc(CN)cc1)[C@@H](O)[C@@H]3C. The van der Waals surface area contributed by atoms with E-state index < -0.39 is 23.0 Å². The number of ketones is 1. The van der Waals surface area contributed by atoms with Crippen molar-refractivity contribution in [3.05, 3.63) is 29.8 Å². The molecule has 0 radical (unpaired) electrons. The average molecular weight is 614 g/mol. The lowest BCUT2D eigenvalue weighted by Crippen LogP contribution is -2.63. The summed E-state index contributed by atoms with van der Waals surface area (Å²) < 4.78 is 6.56. The number of benzene rings is 1. The first-order valence-electron chi connectivity index (χ1n) is 16.8. The molecule has 0 amide bonds. The zero-order chi connectivity index (χ0) is 30.8. The van der Waals surface area contributed by atoms with Gasteiger partial charge in [0.05, 0.1) is 11.9 Å². The summed E-state index contributed by atoms with van der Waals surface area (Å²) in [5.41, 5.74) is 6.70. The lowest BCUT2D eigenvalue weighted by Gasteiger charge is -2.62. The summed E-state index contributed by atoms with van der Waals surface area (Å²) in [6.45, 7) is 12.1. The molecule has 5 rings (SSSR count). The van der Waals surface area contributed by atoms with Crippen molar-refractivity contribution in [3.8, 4) is 0 Å². The minimum absolute atomic E-state index is 0.0133. The Labute approximate surface area is 263 Å². The molecule has 5 N–H and O–H groups in total. The van der Waals surface area contributed by atoms with E-state index in [1.54, 1.807) is 11.8 Å². The summed E-state index contributed by atoms with van der Waals surface area (Å²) in [4.78, 5) is 27.4. The van der Waals surface area contributed by atoms with Crippen LogP contribution < -0.4 is 16.4 Å². The first-order valence-corrected chi connectivity index (χ1v) is 17.8. The van der Waals surface area contributed by atoms with E-state index >= 15 is 0 Å². The Balaban J connectivity index is 1.40. The van der Waals surface area contributed by atoms with Crippen LogP contribution >= 0.6 is 11.8 Å². The second kappa shape index (κ2) is 13.4. The molecule has 2 bridgehead atoms. The number of carbonyl (C=O) groups is 2. The van der Waals surface area contributed by atoms with Crippen molar-refractivity contribution in [3.63, 3.8) is 0 Å². The molecule has 1 saturated heterocycles. The van der Waals surface area contributed by atoms with E-state index in [4.69, 9.17) is 10.5 Å². The first kappa shape index (κ1) is 32.8. The fourth-order valence-electron chi connectivity index (χ4n) is 9.39. The van der Waals surface area contributed by atoms with E-state index in [0.717, 1.165) is 69.3 Å². The maximum Gasteiger partial charge on any atom is 0.316 e. The van der Waals surface area contributed by atoms with Crippen molar-refractivity contribution >= 4 is 29.2 Å². The van der Waals surface area contributed by atoms with Gasteiger partial charge in [-0.2, -0.15) is 0 Å². The first-order chi connectivity index (χ1) is 20.5. The molecule has 3 saturated carbocycles. The van der Waals surface area contributed by atoms with Crippen LogP contribution in [0.1, 0.15) is 91.0 Å². The normalized spacial score (nSPS) is 39.7. The number of anilines is 1. The minimum Gasteiger partial charge on any atom is -0.461 e. The van der Waals surface area contributed by atoms with Crippen LogP contribution in [0.25, 0.3) is 0 Å². The molecule has 1 aromatic carbocycles. The van der Waals surface area contributed by atoms with E-state index in [1.165, 1.54) is 0 Å². The van der Waals surface area contributed by atoms with Crippen molar-refractivity contribution in [2.75, 3.05) is 30.7 Å². The zero-order valence-corrected chi connectivity index (χ0v) is 27.6. The predicted molar refractivity (Wildman–Crippen MR) is 175 cm³/mol. The minimum atomic E-state index is -0.602. The predicted octanol–water partition coefficient (Wildman–Crippen LogP) is 5.54. The molecule has 0 aromatic heterocycles. The summed E-state index contributed by atoms with van der Waals surface area (Å²) >= 11 is 1.72. The second-order valence-electron chi connectivity index (χ2n) is 14.7. The van der Waals surface area contributed by atoms with Gasteiger partial charge in [-0.05, 0) is 105 Å². The highest BCUT2D eigenvalue weighted by Gasteiger charge is 2.68. The molecular weight excluding hydrogens is 558 g/mol. The van der Waals surface area contributed by atoms with Gasteiger partial charge < -0.3 is 26.2 Å². The zero-order valence-electron chi connectivity index (χ0n) is 26.8. The molecule has 1 aliphatic heterocycles. The van der Waals surface area contributed by atoms with Gasteiger partial charge in [-0.3, -0.25) is 9.59 Å². The summed E-state index contributed by atoms with van der Waals surface area (Å²) in [6, 6.07) is 8.18. The van der Waals surface area contributed by atoms with Crippen LogP contribution in [0.15, 0.2) is 24.3 Å². The number of nitrogens with two attached hydrogens (primary N) is 1. The quantitative estimate of drug-likeness (QED) is 0.269. The van der Waals surface area contributed by atoms with Crippen molar-refractivity contribution < 1.29 is 19.4 Å². The van der Waals surface area contributed by atoms with Gasteiger partial charge in [-0.15, -0.1) is 11.8 Å². The second-order valence-corrected chi connectivity index (χ2v) is 16.0. The Bertz CT molecular complexity index is 1120. The van der Waals surface area contributed by atoms with Crippen LogP contribution in [0.3, 0.4) is 0 Å². The molecule has 4 fully saturated rings. The van der Waals surface area contributed by atoms with Crippen LogP contribution in [0.5, 0.6) is 0 Å². The highest BCUT2D eigenvalue weighted by atomic mass is 32.2. The standard InChI is InChI=1S/C35H55N3O4S/c1-23-11-14-35-15-12-28(39)31(35)34(23,4)29(42-30(40)22-43-27-6-5-17-37-18-13-27)20-33(3,32(41)24(35)2)16-19-38-26-9-7-25(21-36)8-10-26/h7-10,23-24,27,29,31-32,37-38,41H,5-6,11-22,36H2,1-4H3/t23-,24+,27?,29-,31+,32+,33+,34+,35+/m1/s1. The number of hydrogen-bond donors (Lipinski definition) is 4. The topological polar surface area (TPSA) is 114 Å². The smallest absolute Gasteiger partial charge is 0.316 e.